The van der Waals surface area contributed by atoms with Crippen LogP contribution in [0.5, 0.6) is 5.75 Å². The number of rotatable bonds is 1. The van der Waals surface area contributed by atoms with Gasteiger partial charge in [-0.1, -0.05) is 12.5 Å². The normalized spacial score (nSPS) is 21.8. The summed E-state index contributed by atoms with van der Waals surface area (Å²) in [5, 5.41) is 12.9. The molecule has 1 aromatic rings. The summed E-state index contributed by atoms with van der Waals surface area (Å²) >= 11 is 0. The molecule has 2 aliphatic heterocycles. The van der Waals surface area contributed by atoms with Crippen molar-refractivity contribution in [3.05, 3.63) is 29.3 Å². The molecule has 1 amide bonds. The molecular formula is C15H21ClN2O2. The Labute approximate surface area is 125 Å². The summed E-state index contributed by atoms with van der Waals surface area (Å²) in [7, 11) is 0. The maximum Gasteiger partial charge on any atom is 0.240 e. The van der Waals surface area contributed by atoms with Gasteiger partial charge in [-0.3, -0.25) is 4.79 Å². The number of phenols is 1. The Bertz CT molecular complexity index is 487. The van der Waals surface area contributed by atoms with E-state index in [1.54, 1.807) is 12.1 Å². The lowest BCUT2D eigenvalue weighted by atomic mass is 9.97. The van der Waals surface area contributed by atoms with Gasteiger partial charge >= 0.3 is 0 Å². The summed E-state index contributed by atoms with van der Waals surface area (Å²) < 4.78 is 0. The van der Waals surface area contributed by atoms with Crippen LogP contribution >= 0.6 is 12.4 Å². The van der Waals surface area contributed by atoms with E-state index in [4.69, 9.17) is 0 Å². The number of carbonyl (C=O) groups is 1. The van der Waals surface area contributed by atoms with Gasteiger partial charge in [-0.05, 0) is 49.1 Å². The molecule has 5 heteroatoms. The summed E-state index contributed by atoms with van der Waals surface area (Å²) in [4.78, 5) is 14.4. The first-order valence-corrected chi connectivity index (χ1v) is 7.07. The number of nitrogens with zero attached hydrogens (tertiary/aromatic N) is 1. The Morgan fingerprint density at radius 2 is 2.15 bits per heavy atom. The smallest absolute Gasteiger partial charge is 0.240 e. The number of aromatic hydroxyl groups is 1. The molecule has 2 aliphatic rings. The van der Waals surface area contributed by atoms with Crippen LogP contribution < -0.4 is 5.32 Å². The minimum atomic E-state index is -0.00684. The Kier molecular flexibility index (Phi) is 4.89. The van der Waals surface area contributed by atoms with Crippen LogP contribution in [-0.2, 0) is 17.8 Å². The molecular weight excluding hydrogens is 276 g/mol. The maximum atomic E-state index is 12.4. The van der Waals surface area contributed by atoms with Crippen LogP contribution in [0.2, 0.25) is 0 Å². The molecule has 1 saturated heterocycles. The number of piperidine rings is 1. The van der Waals surface area contributed by atoms with E-state index in [-0.39, 0.29) is 30.1 Å². The summed E-state index contributed by atoms with van der Waals surface area (Å²) in [6, 6.07) is 5.46. The number of amides is 1. The average molecular weight is 297 g/mol. The highest BCUT2D eigenvalue weighted by atomic mass is 35.5. The Hall–Kier alpha value is -1.26. The van der Waals surface area contributed by atoms with Crippen LogP contribution in [0.3, 0.4) is 0 Å². The lowest BCUT2D eigenvalue weighted by Gasteiger charge is -2.33. The van der Waals surface area contributed by atoms with E-state index in [0.717, 1.165) is 37.9 Å². The SMILES string of the molecule is Cl.O=C([C@H]1CCCCN1)N1CCc2ccc(O)cc2C1. The summed E-state index contributed by atoms with van der Waals surface area (Å²) in [5.41, 5.74) is 2.33. The quantitative estimate of drug-likeness (QED) is 0.831. The molecule has 0 radical (unpaired) electrons. The van der Waals surface area contributed by atoms with Gasteiger partial charge in [-0.25, -0.2) is 0 Å². The fourth-order valence-electron chi connectivity index (χ4n) is 3.01. The zero-order valence-corrected chi connectivity index (χ0v) is 12.3. The number of nitrogens with one attached hydrogen (secondary N) is 1. The fourth-order valence-corrected chi connectivity index (χ4v) is 3.01. The summed E-state index contributed by atoms with van der Waals surface area (Å²) in [6.45, 7) is 2.36. The minimum absolute atomic E-state index is 0. The van der Waals surface area contributed by atoms with Crippen molar-refractivity contribution in [1.29, 1.82) is 0 Å². The maximum absolute atomic E-state index is 12.4. The Balaban J connectivity index is 0.00000147. The fraction of sp³-hybridized carbons (Fsp3) is 0.533. The highest BCUT2D eigenvalue weighted by molar-refractivity contribution is 5.85. The monoisotopic (exact) mass is 296 g/mol. The van der Waals surface area contributed by atoms with Crippen molar-refractivity contribution in [2.24, 2.45) is 0 Å². The van der Waals surface area contributed by atoms with Crippen LogP contribution in [0.25, 0.3) is 0 Å². The molecule has 0 aromatic heterocycles. The lowest BCUT2D eigenvalue weighted by Crippen LogP contribution is -2.49. The molecule has 2 N–H and O–H groups in total. The van der Waals surface area contributed by atoms with Crippen LogP contribution in [0.1, 0.15) is 30.4 Å². The number of fused-ring (bicyclic) bond motifs is 1. The van der Waals surface area contributed by atoms with E-state index in [1.165, 1.54) is 12.0 Å². The van der Waals surface area contributed by atoms with Crippen LogP contribution in [0.4, 0.5) is 0 Å². The van der Waals surface area contributed by atoms with Gasteiger partial charge in [0.15, 0.2) is 0 Å². The number of halogens is 1. The van der Waals surface area contributed by atoms with E-state index < -0.39 is 0 Å². The van der Waals surface area contributed by atoms with Gasteiger partial charge in [0, 0.05) is 13.1 Å². The molecule has 1 atom stereocenters. The predicted molar refractivity (Wildman–Crippen MR) is 80.1 cm³/mol. The molecule has 0 saturated carbocycles. The minimum Gasteiger partial charge on any atom is -0.508 e. The van der Waals surface area contributed by atoms with Crippen molar-refractivity contribution >= 4 is 18.3 Å². The molecule has 1 fully saturated rings. The van der Waals surface area contributed by atoms with Gasteiger partial charge < -0.3 is 15.3 Å². The topological polar surface area (TPSA) is 52.6 Å². The first-order valence-electron chi connectivity index (χ1n) is 7.07. The second-order valence-corrected chi connectivity index (χ2v) is 5.47. The van der Waals surface area contributed by atoms with Gasteiger partial charge in [0.2, 0.25) is 5.91 Å². The van der Waals surface area contributed by atoms with Gasteiger partial charge in [0.1, 0.15) is 5.75 Å². The Morgan fingerprint density at radius 3 is 2.90 bits per heavy atom. The highest BCUT2D eigenvalue weighted by Crippen LogP contribution is 2.24. The number of hydrogen-bond donors (Lipinski definition) is 2. The van der Waals surface area contributed by atoms with Gasteiger partial charge in [-0.15, -0.1) is 12.4 Å². The zero-order chi connectivity index (χ0) is 13.2. The highest BCUT2D eigenvalue weighted by Gasteiger charge is 2.28. The van der Waals surface area contributed by atoms with Crippen LogP contribution in [-0.4, -0.2) is 35.0 Å². The van der Waals surface area contributed by atoms with Crippen molar-refractivity contribution in [3.63, 3.8) is 0 Å². The molecule has 3 rings (SSSR count). The van der Waals surface area contributed by atoms with E-state index in [1.807, 2.05) is 11.0 Å². The van der Waals surface area contributed by atoms with Crippen molar-refractivity contribution in [2.75, 3.05) is 13.1 Å². The molecule has 4 nitrogen and oxygen atoms in total. The zero-order valence-electron chi connectivity index (χ0n) is 11.5. The number of hydrogen-bond acceptors (Lipinski definition) is 3. The van der Waals surface area contributed by atoms with E-state index in [2.05, 4.69) is 5.32 Å². The van der Waals surface area contributed by atoms with E-state index in [9.17, 15) is 9.90 Å². The molecule has 0 spiro atoms. The van der Waals surface area contributed by atoms with Gasteiger partial charge in [-0.2, -0.15) is 0 Å². The third-order valence-electron chi connectivity index (χ3n) is 4.12. The molecule has 2 heterocycles. The second kappa shape index (κ2) is 6.46. The number of benzene rings is 1. The number of carbonyl (C=O) groups excluding carboxylic acids is 1. The van der Waals surface area contributed by atoms with Crippen molar-refractivity contribution in [3.8, 4) is 5.75 Å². The molecule has 20 heavy (non-hydrogen) atoms. The van der Waals surface area contributed by atoms with Crippen molar-refractivity contribution in [2.45, 2.75) is 38.3 Å². The Morgan fingerprint density at radius 1 is 1.30 bits per heavy atom. The van der Waals surface area contributed by atoms with Crippen molar-refractivity contribution < 1.29 is 9.90 Å². The van der Waals surface area contributed by atoms with Crippen LogP contribution in [0, 0.1) is 0 Å². The van der Waals surface area contributed by atoms with Crippen LogP contribution in [0.15, 0.2) is 18.2 Å². The molecule has 0 unspecified atom stereocenters. The average Bonchev–Trinajstić information content (AvgIpc) is 2.46. The number of phenolic OH excluding ortho intramolecular Hbond substituents is 1. The largest absolute Gasteiger partial charge is 0.508 e. The molecule has 1 aromatic carbocycles. The van der Waals surface area contributed by atoms with Gasteiger partial charge in [0.05, 0.1) is 6.04 Å². The predicted octanol–water partition coefficient (Wildman–Crippen LogP) is 1.84. The molecule has 0 aliphatic carbocycles. The second-order valence-electron chi connectivity index (χ2n) is 5.47. The third kappa shape index (κ3) is 3.07. The van der Waals surface area contributed by atoms with Gasteiger partial charge in [0.25, 0.3) is 0 Å². The third-order valence-corrected chi connectivity index (χ3v) is 4.12. The molecule has 110 valence electrons. The first-order chi connectivity index (χ1) is 9.24. The summed E-state index contributed by atoms with van der Waals surface area (Å²) in [5.74, 6) is 0.498. The molecule has 0 bridgehead atoms. The first kappa shape index (κ1) is 15.1. The van der Waals surface area contributed by atoms with E-state index in [0.29, 0.717) is 6.54 Å². The van der Waals surface area contributed by atoms with Crippen molar-refractivity contribution in [1.82, 2.24) is 10.2 Å². The standard InChI is InChI=1S/C15H20N2O2.ClH/c18-13-5-4-11-6-8-17(10-12(11)9-13)15(19)14-3-1-2-7-16-14;/h4-5,9,14,16,18H,1-3,6-8,10H2;1H/t14-;/m1./s1. The van der Waals surface area contributed by atoms with E-state index >= 15 is 0 Å². The summed E-state index contributed by atoms with van der Waals surface area (Å²) in [6.07, 6.45) is 4.13. The lowest BCUT2D eigenvalue weighted by molar-refractivity contribution is -0.135.